The molecule has 0 saturated carbocycles. The number of Topliss-reactive ketones (excluding diaryl/α,β-unsaturated/α-hetero) is 1. The van der Waals surface area contributed by atoms with Crippen molar-refractivity contribution in [1.29, 1.82) is 0 Å². The summed E-state index contributed by atoms with van der Waals surface area (Å²) in [4.78, 5) is 30.3. The molecule has 2 aliphatic rings. The van der Waals surface area contributed by atoms with Crippen molar-refractivity contribution in [3.05, 3.63) is 77.5 Å². The van der Waals surface area contributed by atoms with E-state index in [9.17, 15) is 26.7 Å². The molecule has 41 heavy (non-hydrogen) atoms. The zero-order valence-electron chi connectivity index (χ0n) is 22.4. The average molecular weight is 572 g/mol. The van der Waals surface area contributed by atoms with E-state index in [0.717, 1.165) is 29.1 Å². The number of hydrogen-bond acceptors (Lipinski definition) is 5. The number of carbonyl (C=O) groups excluding carboxylic acids is 1. The molecule has 6 nitrogen and oxygen atoms in total. The molecular weight excluding hydrogens is 541 g/mol. The number of aromatic nitrogens is 4. The van der Waals surface area contributed by atoms with Crippen molar-refractivity contribution < 1.29 is 26.7 Å². The molecule has 1 N–H and O–H groups in total. The molecule has 3 aromatic rings. The maximum absolute atomic E-state index is 13.5. The van der Waals surface area contributed by atoms with Gasteiger partial charge < -0.3 is 9.88 Å². The minimum absolute atomic E-state index is 0.0608. The van der Waals surface area contributed by atoms with Crippen LogP contribution in [-0.2, 0) is 17.4 Å². The molecule has 216 valence electrons. The maximum atomic E-state index is 13.5. The first-order valence-corrected chi connectivity index (χ1v) is 13.7. The van der Waals surface area contributed by atoms with Gasteiger partial charge in [0.15, 0.2) is 0 Å². The van der Waals surface area contributed by atoms with E-state index in [4.69, 9.17) is 4.98 Å². The summed E-state index contributed by atoms with van der Waals surface area (Å²) in [6, 6.07) is 6.93. The van der Waals surface area contributed by atoms with Gasteiger partial charge in [0.1, 0.15) is 28.9 Å². The first-order chi connectivity index (χ1) is 19.7. The summed E-state index contributed by atoms with van der Waals surface area (Å²) in [6.07, 6.45) is 3.89. The third-order valence-electron chi connectivity index (χ3n) is 7.52. The lowest BCUT2D eigenvalue weighted by atomic mass is 9.90. The number of nitrogens with one attached hydrogen (secondary N) is 1. The number of hydrogen-bond donors (Lipinski definition) is 1. The normalized spacial score (nSPS) is 16.5. The van der Waals surface area contributed by atoms with Crippen molar-refractivity contribution >= 4 is 17.3 Å². The van der Waals surface area contributed by atoms with Gasteiger partial charge in [-0.05, 0) is 80.0 Å². The Kier molecular flexibility index (Phi) is 8.60. The molecule has 1 aliphatic heterocycles. The van der Waals surface area contributed by atoms with Crippen LogP contribution in [0.4, 0.5) is 27.9 Å². The number of halogens is 5. The van der Waals surface area contributed by atoms with Crippen LogP contribution in [0.5, 0.6) is 0 Å². The molecule has 11 heteroatoms. The van der Waals surface area contributed by atoms with Crippen LogP contribution in [0.15, 0.2) is 54.5 Å². The Morgan fingerprint density at radius 2 is 1.76 bits per heavy atom. The summed E-state index contributed by atoms with van der Waals surface area (Å²) in [5, 5.41) is 0. The van der Waals surface area contributed by atoms with Crippen LogP contribution in [0.3, 0.4) is 0 Å². The van der Waals surface area contributed by atoms with Gasteiger partial charge in [-0.15, -0.1) is 0 Å². The highest BCUT2D eigenvalue weighted by Crippen LogP contribution is 2.31. The standard InChI is InChI=1S/C30H30F5N5O/c31-22-8-4-20(5-9-22)27-25(37-28(39-27)21-6-10-23(32)11-7-21)3-1-2-24(41)18-19-13-16-40(17-14-19)29-36-15-12-26(38-29)30(33,34)35/h4-6,8-9,11-12,15,19H,1-3,7,10,13-14,16-18H2,(H,37,39). The van der Waals surface area contributed by atoms with Gasteiger partial charge in [0.05, 0.1) is 5.69 Å². The fourth-order valence-electron chi connectivity index (χ4n) is 5.27. The van der Waals surface area contributed by atoms with Crippen LogP contribution < -0.4 is 4.90 Å². The topological polar surface area (TPSA) is 74.8 Å². The lowest BCUT2D eigenvalue weighted by Gasteiger charge is -2.31. The Hall–Kier alpha value is -3.89. The first kappa shape index (κ1) is 28.6. The second-order valence-corrected chi connectivity index (χ2v) is 10.5. The summed E-state index contributed by atoms with van der Waals surface area (Å²) in [7, 11) is 0. The second-order valence-electron chi connectivity index (χ2n) is 10.5. The number of H-pyrrole nitrogens is 1. The van der Waals surface area contributed by atoms with Crippen molar-refractivity contribution in [2.75, 3.05) is 18.0 Å². The van der Waals surface area contributed by atoms with Crippen molar-refractivity contribution in [2.24, 2.45) is 5.92 Å². The number of alkyl halides is 3. The summed E-state index contributed by atoms with van der Waals surface area (Å²) < 4.78 is 66.0. The number of carbonyl (C=O) groups is 1. The predicted molar refractivity (Wildman–Crippen MR) is 145 cm³/mol. The highest BCUT2D eigenvalue weighted by Gasteiger charge is 2.33. The number of imidazole rings is 1. The SMILES string of the molecule is O=C(CCCc1[nH]c(C2=CCC(F)=CC2)nc1-c1ccc(F)cc1)CC1CCN(c2nccc(C(F)(F)F)n2)CC1. The van der Waals surface area contributed by atoms with E-state index in [1.807, 2.05) is 0 Å². The van der Waals surface area contributed by atoms with Crippen molar-refractivity contribution in [2.45, 2.75) is 57.5 Å². The number of piperidine rings is 1. The number of aryl methyl sites for hydroxylation is 1. The summed E-state index contributed by atoms with van der Waals surface area (Å²) in [6.45, 7) is 0.984. The van der Waals surface area contributed by atoms with E-state index in [2.05, 4.69) is 15.0 Å². The highest BCUT2D eigenvalue weighted by molar-refractivity contribution is 5.78. The Morgan fingerprint density at radius 1 is 1.00 bits per heavy atom. The summed E-state index contributed by atoms with van der Waals surface area (Å²) >= 11 is 0. The third-order valence-corrected chi connectivity index (χ3v) is 7.52. The van der Waals surface area contributed by atoms with E-state index < -0.39 is 11.9 Å². The largest absolute Gasteiger partial charge is 0.433 e. The quantitative estimate of drug-likeness (QED) is 0.274. The minimum atomic E-state index is -4.52. The lowest BCUT2D eigenvalue weighted by molar-refractivity contribution is -0.141. The molecule has 0 spiro atoms. The molecule has 0 atom stereocenters. The molecule has 0 unspecified atom stereocenters. The van der Waals surface area contributed by atoms with Crippen LogP contribution in [0, 0.1) is 11.7 Å². The van der Waals surface area contributed by atoms with E-state index >= 15 is 0 Å². The van der Waals surface area contributed by atoms with Gasteiger partial charge in [0.2, 0.25) is 5.95 Å². The fourth-order valence-corrected chi connectivity index (χ4v) is 5.27. The fraction of sp³-hybridized carbons (Fsp3) is 0.400. The molecule has 0 amide bonds. The monoisotopic (exact) mass is 571 g/mol. The van der Waals surface area contributed by atoms with Crippen LogP contribution in [0.2, 0.25) is 0 Å². The molecule has 1 aliphatic carbocycles. The molecule has 1 fully saturated rings. The van der Waals surface area contributed by atoms with Crippen LogP contribution in [-0.4, -0.2) is 38.8 Å². The summed E-state index contributed by atoms with van der Waals surface area (Å²) in [5.74, 6) is 0.478. The zero-order chi connectivity index (χ0) is 29.0. The van der Waals surface area contributed by atoms with E-state index in [0.29, 0.717) is 69.6 Å². The van der Waals surface area contributed by atoms with Gasteiger partial charge in [-0.2, -0.15) is 13.2 Å². The molecule has 1 aromatic carbocycles. The van der Waals surface area contributed by atoms with Gasteiger partial charge in [-0.1, -0.05) is 6.08 Å². The number of ketones is 1. The number of rotatable bonds is 9. The molecule has 1 saturated heterocycles. The van der Waals surface area contributed by atoms with Crippen LogP contribution in [0.1, 0.15) is 62.2 Å². The van der Waals surface area contributed by atoms with Crippen LogP contribution in [0.25, 0.3) is 16.8 Å². The van der Waals surface area contributed by atoms with Gasteiger partial charge in [0, 0.05) is 49.8 Å². The Labute approximate surface area is 234 Å². The van der Waals surface area contributed by atoms with Crippen LogP contribution >= 0.6 is 0 Å². The highest BCUT2D eigenvalue weighted by atomic mass is 19.4. The predicted octanol–water partition coefficient (Wildman–Crippen LogP) is 7.25. The maximum Gasteiger partial charge on any atom is 0.433 e. The van der Waals surface area contributed by atoms with E-state index in [1.165, 1.54) is 18.2 Å². The van der Waals surface area contributed by atoms with Crippen molar-refractivity contribution in [3.63, 3.8) is 0 Å². The Bertz CT molecular complexity index is 1440. The number of anilines is 1. The smallest absolute Gasteiger partial charge is 0.342 e. The Morgan fingerprint density at radius 3 is 2.44 bits per heavy atom. The van der Waals surface area contributed by atoms with Gasteiger partial charge >= 0.3 is 6.18 Å². The molecule has 2 aromatic heterocycles. The van der Waals surface area contributed by atoms with Crippen molar-refractivity contribution in [3.8, 4) is 11.3 Å². The lowest BCUT2D eigenvalue weighted by Crippen LogP contribution is -2.35. The molecule has 0 bridgehead atoms. The molecule has 0 radical (unpaired) electrons. The van der Waals surface area contributed by atoms with Gasteiger partial charge in [-0.3, -0.25) is 4.79 Å². The number of aromatic amines is 1. The minimum Gasteiger partial charge on any atom is -0.342 e. The van der Waals surface area contributed by atoms with E-state index in [1.54, 1.807) is 23.1 Å². The number of allylic oxidation sites excluding steroid dienone is 4. The summed E-state index contributed by atoms with van der Waals surface area (Å²) in [5.41, 5.74) is 2.20. The van der Waals surface area contributed by atoms with Gasteiger partial charge in [-0.25, -0.2) is 23.7 Å². The van der Waals surface area contributed by atoms with Gasteiger partial charge in [0.25, 0.3) is 0 Å². The second kappa shape index (κ2) is 12.3. The first-order valence-electron chi connectivity index (χ1n) is 13.7. The third kappa shape index (κ3) is 7.25. The molecule has 5 rings (SSSR count). The average Bonchev–Trinajstić information content (AvgIpc) is 3.38. The van der Waals surface area contributed by atoms with Crippen molar-refractivity contribution in [1.82, 2.24) is 19.9 Å². The Balaban J connectivity index is 1.15. The number of nitrogens with zero attached hydrogens (tertiary/aromatic N) is 4. The van der Waals surface area contributed by atoms with E-state index in [-0.39, 0.29) is 35.7 Å². The number of benzene rings is 1. The molecular formula is C30H30F5N5O. The molecule has 3 heterocycles. The zero-order valence-corrected chi connectivity index (χ0v) is 22.4.